The number of amides is 1. The molecule has 0 fully saturated rings. The maximum Gasteiger partial charge on any atom is 0.228 e. The van der Waals surface area contributed by atoms with Gasteiger partial charge in [0.05, 0.1) is 0 Å². The predicted molar refractivity (Wildman–Crippen MR) is 86.9 cm³/mol. The fraction of sp³-hybridized carbons (Fsp3) is 0.500. The first-order valence-electron chi connectivity index (χ1n) is 7.63. The molecule has 0 radical (unpaired) electrons. The quantitative estimate of drug-likeness (QED) is 0.656. The number of rotatable bonds is 8. The summed E-state index contributed by atoms with van der Waals surface area (Å²) in [6.07, 6.45) is 9.38. The SMILES string of the molecule is CCCC(C)CC/C=C/CC(=O)Nc1cccc(C)c1. The molecule has 1 amide bonds. The van der Waals surface area contributed by atoms with E-state index in [4.69, 9.17) is 0 Å². The average molecular weight is 273 g/mol. The standard InChI is InChI=1S/C18H27NO/c1-4-9-15(2)10-6-5-7-13-18(20)19-17-12-8-11-16(3)14-17/h5,7-8,11-12,14-15H,4,6,9-10,13H2,1-3H3,(H,19,20)/b7-5+. The number of benzene rings is 1. The minimum Gasteiger partial charge on any atom is -0.326 e. The first kappa shape index (κ1) is 16.5. The van der Waals surface area contributed by atoms with Crippen molar-refractivity contribution in [1.82, 2.24) is 0 Å². The van der Waals surface area contributed by atoms with Gasteiger partial charge in [0.1, 0.15) is 0 Å². The molecule has 110 valence electrons. The molecule has 0 aliphatic heterocycles. The maximum absolute atomic E-state index is 11.8. The van der Waals surface area contributed by atoms with Gasteiger partial charge >= 0.3 is 0 Å². The summed E-state index contributed by atoms with van der Waals surface area (Å²) in [6.45, 7) is 6.54. The summed E-state index contributed by atoms with van der Waals surface area (Å²) < 4.78 is 0. The average Bonchev–Trinajstić information content (AvgIpc) is 2.38. The molecule has 20 heavy (non-hydrogen) atoms. The first-order valence-corrected chi connectivity index (χ1v) is 7.63. The van der Waals surface area contributed by atoms with Gasteiger partial charge < -0.3 is 5.32 Å². The number of carbonyl (C=O) groups excluding carboxylic acids is 1. The van der Waals surface area contributed by atoms with E-state index in [1.165, 1.54) is 19.3 Å². The minimum absolute atomic E-state index is 0.0495. The van der Waals surface area contributed by atoms with Crippen molar-refractivity contribution in [2.75, 3.05) is 5.32 Å². The molecule has 0 spiro atoms. The summed E-state index contributed by atoms with van der Waals surface area (Å²) in [5, 5.41) is 2.91. The summed E-state index contributed by atoms with van der Waals surface area (Å²) in [4.78, 5) is 11.8. The molecule has 1 rings (SSSR count). The third kappa shape index (κ3) is 7.13. The molecule has 1 atom stereocenters. The van der Waals surface area contributed by atoms with Gasteiger partial charge in [-0.1, -0.05) is 51.0 Å². The molecule has 1 N–H and O–H groups in total. The van der Waals surface area contributed by atoms with Crippen LogP contribution < -0.4 is 5.32 Å². The molecule has 0 saturated heterocycles. The number of anilines is 1. The van der Waals surface area contributed by atoms with Gasteiger partial charge in [0.25, 0.3) is 0 Å². The van der Waals surface area contributed by atoms with Crippen LogP contribution in [0.5, 0.6) is 0 Å². The van der Waals surface area contributed by atoms with Crippen LogP contribution in [0.1, 0.15) is 51.5 Å². The molecular formula is C18H27NO. The molecule has 0 saturated carbocycles. The minimum atomic E-state index is 0.0495. The highest BCUT2D eigenvalue weighted by Crippen LogP contribution is 2.13. The smallest absolute Gasteiger partial charge is 0.228 e. The number of aryl methyl sites for hydroxylation is 1. The Labute approximate surface area is 123 Å². The Morgan fingerprint density at radius 1 is 1.30 bits per heavy atom. The lowest BCUT2D eigenvalue weighted by atomic mass is 10.0. The molecule has 1 aromatic carbocycles. The molecule has 0 aliphatic carbocycles. The van der Waals surface area contributed by atoms with Gasteiger partial charge in [-0.15, -0.1) is 0 Å². The summed E-state index contributed by atoms with van der Waals surface area (Å²) in [5.74, 6) is 0.833. The van der Waals surface area contributed by atoms with Crippen molar-refractivity contribution < 1.29 is 4.79 Å². The second-order valence-corrected chi connectivity index (χ2v) is 5.56. The molecule has 2 heteroatoms. The van der Waals surface area contributed by atoms with Crippen LogP contribution in [-0.4, -0.2) is 5.91 Å². The molecule has 2 nitrogen and oxygen atoms in total. The molecule has 1 aromatic rings. The Hall–Kier alpha value is -1.57. The highest BCUT2D eigenvalue weighted by atomic mass is 16.1. The van der Waals surface area contributed by atoms with Crippen LogP contribution in [0.4, 0.5) is 5.69 Å². The monoisotopic (exact) mass is 273 g/mol. The zero-order valence-corrected chi connectivity index (χ0v) is 13.0. The van der Waals surface area contributed by atoms with Crippen molar-refractivity contribution in [3.63, 3.8) is 0 Å². The Morgan fingerprint density at radius 2 is 2.10 bits per heavy atom. The van der Waals surface area contributed by atoms with Crippen LogP contribution in [0.15, 0.2) is 36.4 Å². The lowest BCUT2D eigenvalue weighted by Crippen LogP contribution is -2.09. The van der Waals surface area contributed by atoms with Crippen molar-refractivity contribution in [1.29, 1.82) is 0 Å². The van der Waals surface area contributed by atoms with Gasteiger partial charge in [0.15, 0.2) is 0 Å². The van der Waals surface area contributed by atoms with Gasteiger partial charge in [0, 0.05) is 12.1 Å². The highest BCUT2D eigenvalue weighted by molar-refractivity contribution is 5.91. The number of hydrogen-bond acceptors (Lipinski definition) is 1. The highest BCUT2D eigenvalue weighted by Gasteiger charge is 2.00. The zero-order valence-electron chi connectivity index (χ0n) is 13.0. The van der Waals surface area contributed by atoms with Crippen molar-refractivity contribution in [3.05, 3.63) is 42.0 Å². The Bertz CT molecular complexity index is 437. The van der Waals surface area contributed by atoms with E-state index in [9.17, 15) is 4.79 Å². The number of allylic oxidation sites excluding steroid dienone is 1. The Kier molecular flexibility index (Phi) is 7.71. The molecular weight excluding hydrogens is 246 g/mol. The molecule has 0 aromatic heterocycles. The van der Waals surface area contributed by atoms with E-state index in [-0.39, 0.29) is 5.91 Å². The van der Waals surface area contributed by atoms with Crippen LogP contribution >= 0.6 is 0 Å². The van der Waals surface area contributed by atoms with Crippen molar-refractivity contribution in [2.45, 2.75) is 52.9 Å². The fourth-order valence-corrected chi connectivity index (χ4v) is 2.26. The van der Waals surface area contributed by atoms with Crippen LogP contribution in [0.2, 0.25) is 0 Å². The molecule has 0 aliphatic rings. The van der Waals surface area contributed by atoms with Gasteiger partial charge in [-0.25, -0.2) is 0 Å². The van der Waals surface area contributed by atoms with Crippen LogP contribution in [-0.2, 0) is 4.79 Å². The lowest BCUT2D eigenvalue weighted by molar-refractivity contribution is -0.115. The van der Waals surface area contributed by atoms with Gasteiger partial charge in [-0.3, -0.25) is 4.79 Å². The van der Waals surface area contributed by atoms with Crippen molar-refractivity contribution in [3.8, 4) is 0 Å². The molecule has 1 unspecified atom stereocenters. The predicted octanol–water partition coefficient (Wildman–Crippen LogP) is 5.10. The largest absolute Gasteiger partial charge is 0.326 e. The first-order chi connectivity index (χ1) is 9.61. The van der Waals surface area contributed by atoms with Crippen LogP contribution in [0, 0.1) is 12.8 Å². The van der Waals surface area contributed by atoms with Gasteiger partial charge in [-0.2, -0.15) is 0 Å². The number of hydrogen-bond donors (Lipinski definition) is 1. The second-order valence-electron chi connectivity index (χ2n) is 5.56. The summed E-state index contributed by atoms with van der Waals surface area (Å²) in [5.41, 5.74) is 2.03. The number of carbonyl (C=O) groups is 1. The molecule has 0 heterocycles. The summed E-state index contributed by atoms with van der Waals surface area (Å²) in [7, 11) is 0. The number of nitrogens with one attached hydrogen (secondary N) is 1. The Morgan fingerprint density at radius 3 is 2.80 bits per heavy atom. The van der Waals surface area contributed by atoms with Crippen LogP contribution in [0.25, 0.3) is 0 Å². The van der Waals surface area contributed by atoms with E-state index in [2.05, 4.69) is 25.2 Å². The lowest BCUT2D eigenvalue weighted by Gasteiger charge is -2.07. The second kappa shape index (κ2) is 9.35. The van der Waals surface area contributed by atoms with Gasteiger partial charge in [-0.05, 0) is 43.4 Å². The summed E-state index contributed by atoms with van der Waals surface area (Å²) >= 11 is 0. The molecule has 0 bridgehead atoms. The topological polar surface area (TPSA) is 29.1 Å². The van der Waals surface area contributed by atoms with Crippen molar-refractivity contribution >= 4 is 11.6 Å². The Balaban J connectivity index is 2.23. The van der Waals surface area contributed by atoms with Crippen molar-refractivity contribution in [2.24, 2.45) is 5.92 Å². The van der Waals surface area contributed by atoms with Gasteiger partial charge in [0.2, 0.25) is 5.91 Å². The van der Waals surface area contributed by atoms with E-state index < -0.39 is 0 Å². The fourth-order valence-electron chi connectivity index (χ4n) is 2.26. The van der Waals surface area contributed by atoms with E-state index >= 15 is 0 Å². The van der Waals surface area contributed by atoms with Crippen LogP contribution in [0.3, 0.4) is 0 Å². The van der Waals surface area contributed by atoms with E-state index in [0.717, 1.165) is 23.6 Å². The maximum atomic E-state index is 11.8. The van der Waals surface area contributed by atoms with E-state index in [1.54, 1.807) is 0 Å². The van der Waals surface area contributed by atoms with E-state index in [1.807, 2.05) is 37.3 Å². The normalized spacial score (nSPS) is 12.6. The third-order valence-electron chi connectivity index (χ3n) is 3.38. The third-order valence-corrected chi connectivity index (χ3v) is 3.38. The summed E-state index contributed by atoms with van der Waals surface area (Å²) in [6, 6.07) is 7.87. The van der Waals surface area contributed by atoms with E-state index in [0.29, 0.717) is 6.42 Å². The zero-order chi connectivity index (χ0) is 14.8.